The summed E-state index contributed by atoms with van der Waals surface area (Å²) in [6.07, 6.45) is 12.8. The van der Waals surface area contributed by atoms with Crippen LogP contribution in [0.25, 0.3) is 0 Å². The fourth-order valence-electron chi connectivity index (χ4n) is 2.84. The van der Waals surface area contributed by atoms with Crippen LogP contribution in [0, 0.1) is 0 Å². The lowest BCUT2D eigenvalue weighted by atomic mass is 10.1. The first kappa shape index (κ1) is 26.0. The molecule has 0 aliphatic rings. The molecule has 1 aromatic rings. The summed E-state index contributed by atoms with van der Waals surface area (Å²) in [7, 11) is -3.91. The second kappa shape index (κ2) is 14.0. The minimum atomic E-state index is -3.91. The molecule has 28 heavy (non-hydrogen) atoms. The van der Waals surface area contributed by atoms with Gasteiger partial charge in [-0.1, -0.05) is 112 Å². The average Bonchev–Trinajstić information content (AvgIpc) is 2.59. The Morgan fingerprint density at radius 3 is 1.86 bits per heavy atom. The van der Waals surface area contributed by atoms with Gasteiger partial charge in [-0.05, 0) is 25.0 Å². The van der Waals surface area contributed by atoms with Gasteiger partial charge in [-0.2, -0.15) is 8.42 Å². The molecule has 3 nitrogen and oxygen atoms in total. The molecule has 0 aromatic heterocycles. The van der Waals surface area contributed by atoms with Gasteiger partial charge in [0.2, 0.25) is 0 Å². The summed E-state index contributed by atoms with van der Waals surface area (Å²) in [5, 5.41) is 0.389. The van der Waals surface area contributed by atoms with E-state index in [1.807, 2.05) is 0 Å². The number of hydrogen-bond acceptors (Lipinski definition) is 4. The van der Waals surface area contributed by atoms with E-state index in [4.69, 9.17) is 51.2 Å². The van der Waals surface area contributed by atoms with E-state index in [0.717, 1.165) is 19.3 Å². The van der Waals surface area contributed by atoms with Crippen LogP contribution in [-0.4, -0.2) is 19.0 Å². The van der Waals surface area contributed by atoms with E-state index in [-0.39, 0.29) is 21.5 Å². The van der Waals surface area contributed by atoms with E-state index in [0.29, 0.717) is 16.3 Å². The van der Waals surface area contributed by atoms with Gasteiger partial charge in [0.25, 0.3) is 0 Å². The first-order valence-electron chi connectivity index (χ1n) is 9.83. The SMILES string of the molecule is CCCCCCCCCCCCC(=S)CS(=O)(=O)Oc1c(Cl)cc(Cl)cc1Cl. The molecule has 0 unspecified atom stereocenters. The number of rotatable bonds is 15. The molecule has 0 atom stereocenters. The summed E-state index contributed by atoms with van der Waals surface area (Å²) in [4.78, 5) is 0.459. The summed E-state index contributed by atoms with van der Waals surface area (Å²) in [5.41, 5.74) is 0. The van der Waals surface area contributed by atoms with Crippen molar-refractivity contribution < 1.29 is 12.6 Å². The molecule has 0 amide bonds. The molecule has 0 heterocycles. The molecule has 1 aromatic carbocycles. The van der Waals surface area contributed by atoms with E-state index in [9.17, 15) is 8.42 Å². The minimum absolute atomic E-state index is 0.0432. The van der Waals surface area contributed by atoms with Gasteiger partial charge >= 0.3 is 10.1 Å². The average molecular weight is 488 g/mol. The fraction of sp³-hybridized carbons (Fsp3) is 0.650. The van der Waals surface area contributed by atoms with Crippen molar-refractivity contribution in [1.29, 1.82) is 0 Å². The van der Waals surface area contributed by atoms with Crippen molar-refractivity contribution in [3.8, 4) is 5.75 Å². The predicted molar refractivity (Wildman–Crippen MR) is 125 cm³/mol. The molecular formula is C20H29Cl3O3S2. The maximum absolute atomic E-state index is 12.2. The molecule has 0 N–H and O–H groups in total. The van der Waals surface area contributed by atoms with Crippen LogP contribution >= 0.6 is 47.0 Å². The minimum Gasteiger partial charge on any atom is -0.379 e. The van der Waals surface area contributed by atoms with Gasteiger partial charge in [0.05, 0.1) is 10.0 Å². The fourth-order valence-corrected chi connectivity index (χ4v) is 5.44. The standard InChI is InChI=1S/C20H29Cl3O3S2/c1-2-3-4-5-6-7-8-9-10-11-12-17(27)15-28(24,25)26-20-18(22)13-16(21)14-19(20)23/h13-14H,2-12,15H2,1H3. The Bertz CT molecular complexity index is 698. The van der Waals surface area contributed by atoms with Crippen molar-refractivity contribution in [2.24, 2.45) is 0 Å². The summed E-state index contributed by atoms with van der Waals surface area (Å²) in [6.45, 7) is 2.23. The van der Waals surface area contributed by atoms with Crippen LogP contribution in [0.4, 0.5) is 0 Å². The first-order valence-corrected chi connectivity index (χ1v) is 13.0. The maximum Gasteiger partial charge on any atom is 0.314 e. The lowest BCUT2D eigenvalue weighted by Crippen LogP contribution is -2.20. The number of benzene rings is 1. The van der Waals surface area contributed by atoms with Gasteiger partial charge in [-0.3, -0.25) is 0 Å². The van der Waals surface area contributed by atoms with Gasteiger partial charge in [-0.15, -0.1) is 0 Å². The summed E-state index contributed by atoms with van der Waals surface area (Å²) >= 11 is 23.0. The van der Waals surface area contributed by atoms with Gasteiger partial charge in [0.15, 0.2) is 5.75 Å². The highest BCUT2D eigenvalue weighted by Gasteiger charge is 2.20. The maximum atomic E-state index is 12.2. The first-order chi connectivity index (χ1) is 13.2. The van der Waals surface area contributed by atoms with Crippen molar-refractivity contribution in [3.05, 3.63) is 27.2 Å². The lowest BCUT2D eigenvalue weighted by Gasteiger charge is -2.11. The zero-order chi connectivity index (χ0) is 21.0. The van der Waals surface area contributed by atoms with Crippen LogP contribution in [0.2, 0.25) is 15.1 Å². The molecular weight excluding hydrogens is 459 g/mol. The zero-order valence-corrected chi connectivity index (χ0v) is 20.2. The molecule has 0 fully saturated rings. The van der Waals surface area contributed by atoms with Crippen LogP contribution in [0.1, 0.15) is 77.6 Å². The van der Waals surface area contributed by atoms with Crippen LogP contribution in [-0.2, 0) is 10.1 Å². The molecule has 160 valence electrons. The number of halogens is 3. The molecule has 0 bridgehead atoms. The lowest BCUT2D eigenvalue weighted by molar-refractivity contribution is 0.490. The monoisotopic (exact) mass is 486 g/mol. The van der Waals surface area contributed by atoms with E-state index >= 15 is 0 Å². The third-order valence-corrected chi connectivity index (χ3v) is 6.75. The van der Waals surface area contributed by atoms with Gasteiger partial charge in [0, 0.05) is 9.89 Å². The molecule has 0 spiro atoms. The van der Waals surface area contributed by atoms with Crippen molar-refractivity contribution in [2.75, 3.05) is 5.75 Å². The van der Waals surface area contributed by atoms with Crippen molar-refractivity contribution >= 4 is 62.0 Å². The summed E-state index contributed by atoms with van der Waals surface area (Å²) in [6, 6.07) is 2.75. The van der Waals surface area contributed by atoms with E-state index < -0.39 is 10.1 Å². The molecule has 1 rings (SSSR count). The molecule has 8 heteroatoms. The third kappa shape index (κ3) is 11.2. The Morgan fingerprint density at radius 1 is 0.893 bits per heavy atom. The number of thiocarbonyl (C=S) groups is 1. The Hall–Kier alpha value is -0.0700. The number of hydrogen-bond donors (Lipinski definition) is 0. The molecule has 0 radical (unpaired) electrons. The quantitative estimate of drug-likeness (QED) is 0.143. The van der Waals surface area contributed by atoms with Crippen LogP contribution in [0.3, 0.4) is 0 Å². The highest BCUT2D eigenvalue weighted by Crippen LogP contribution is 2.36. The largest absolute Gasteiger partial charge is 0.379 e. The zero-order valence-electron chi connectivity index (χ0n) is 16.3. The van der Waals surface area contributed by atoms with E-state index in [2.05, 4.69) is 6.92 Å². The predicted octanol–water partition coefficient (Wildman–Crippen LogP) is 8.04. The molecule has 0 saturated carbocycles. The second-order valence-electron chi connectivity index (χ2n) is 6.95. The Kier molecular flexibility index (Phi) is 13.0. The van der Waals surface area contributed by atoms with E-state index in [1.165, 1.54) is 57.1 Å². The highest BCUT2D eigenvalue weighted by atomic mass is 35.5. The molecule has 0 saturated heterocycles. The van der Waals surface area contributed by atoms with Crippen molar-refractivity contribution in [1.82, 2.24) is 0 Å². The second-order valence-corrected chi connectivity index (χ2v) is 10.4. The summed E-state index contributed by atoms with van der Waals surface area (Å²) in [5.74, 6) is -0.441. The summed E-state index contributed by atoms with van der Waals surface area (Å²) < 4.78 is 29.5. The Balaban J connectivity index is 2.26. The van der Waals surface area contributed by atoms with Gasteiger partial charge < -0.3 is 4.18 Å². The van der Waals surface area contributed by atoms with Crippen LogP contribution < -0.4 is 4.18 Å². The normalized spacial score (nSPS) is 11.6. The van der Waals surface area contributed by atoms with Crippen molar-refractivity contribution in [2.45, 2.75) is 77.6 Å². The topological polar surface area (TPSA) is 43.4 Å². The van der Waals surface area contributed by atoms with Crippen molar-refractivity contribution in [3.63, 3.8) is 0 Å². The van der Waals surface area contributed by atoms with E-state index in [1.54, 1.807) is 0 Å². The Labute approximate surface area is 190 Å². The third-order valence-electron chi connectivity index (χ3n) is 4.32. The van der Waals surface area contributed by atoms with Gasteiger partial charge in [0.1, 0.15) is 5.75 Å². The molecule has 0 aliphatic heterocycles. The Morgan fingerprint density at radius 2 is 1.36 bits per heavy atom. The van der Waals surface area contributed by atoms with Crippen LogP contribution in [0.5, 0.6) is 5.75 Å². The number of unbranched alkanes of at least 4 members (excludes halogenated alkanes) is 9. The smallest absolute Gasteiger partial charge is 0.314 e. The highest BCUT2D eigenvalue weighted by molar-refractivity contribution is 7.90. The van der Waals surface area contributed by atoms with Gasteiger partial charge in [-0.25, -0.2) is 0 Å². The van der Waals surface area contributed by atoms with Crippen LogP contribution in [0.15, 0.2) is 12.1 Å². The molecule has 0 aliphatic carbocycles.